The Labute approximate surface area is 177 Å². The number of hydrogen-bond acceptors (Lipinski definition) is 8. The van der Waals surface area contributed by atoms with Gasteiger partial charge < -0.3 is 14.9 Å². The van der Waals surface area contributed by atoms with E-state index in [0.29, 0.717) is 18.1 Å². The van der Waals surface area contributed by atoms with Crippen LogP contribution in [0.5, 0.6) is 11.5 Å². The Kier molecular flexibility index (Phi) is 5.69. The molecule has 152 valence electrons. The van der Waals surface area contributed by atoms with Gasteiger partial charge in [0, 0.05) is 4.88 Å². The molecule has 0 bridgehead atoms. The van der Waals surface area contributed by atoms with Gasteiger partial charge in [-0.25, -0.2) is 9.97 Å². The molecule has 0 atom stereocenters. The highest BCUT2D eigenvalue weighted by Gasteiger charge is 2.15. The molecule has 0 spiro atoms. The molecule has 0 saturated carbocycles. The number of methoxy groups -OCH3 is 1. The van der Waals surface area contributed by atoms with Gasteiger partial charge in [-0.1, -0.05) is 30.3 Å². The van der Waals surface area contributed by atoms with Crippen LogP contribution in [0.15, 0.2) is 59.0 Å². The summed E-state index contributed by atoms with van der Waals surface area (Å²) in [4.78, 5) is 9.81. The van der Waals surface area contributed by atoms with E-state index in [2.05, 4.69) is 20.2 Å². The van der Waals surface area contributed by atoms with E-state index in [4.69, 9.17) is 4.74 Å². The van der Waals surface area contributed by atoms with Gasteiger partial charge in [-0.15, -0.1) is 16.5 Å². The number of aliphatic hydroxyl groups is 1. The molecule has 0 amide bonds. The van der Waals surface area contributed by atoms with E-state index >= 15 is 0 Å². The third-order valence-electron chi connectivity index (χ3n) is 4.75. The number of phenols is 1. The SMILES string of the molecule is COc1ccc(CN=Nc2ncnc3c(C)c(-c4ccc(CO)cc4)sc23)cc1O. The number of thiophene rings is 1. The number of benzene rings is 2. The van der Waals surface area contributed by atoms with Crippen molar-refractivity contribution < 1.29 is 14.9 Å². The minimum atomic E-state index is 0.0215. The highest BCUT2D eigenvalue weighted by atomic mass is 32.1. The molecule has 4 aromatic rings. The quantitative estimate of drug-likeness (QED) is 0.420. The molecule has 0 fully saturated rings. The fourth-order valence-corrected chi connectivity index (χ4v) is 4.33. The first kappa shape index (κ1) is 19.9. The Morgan fingerprint density at radius 2 is 1.83 bits per heavy atom. The Hall–Kier alpha value is -3.36. The summed E-state index contributed by atoms with van der Waals surface area (Å²) >= 11 is 1.57. The largest absolute Gasteiger partial charge is 0.504 e. The number of aliphatic hydroxyl groups excluding tert-OH is 1. The Morgan fingerprint density at radius 3 is 2.53 bits per heavy atom. The van der Waals surface area contributed by atoms with Crippen LogP contribution in [0, 0.1) is 6.92 Å². The lowest BCUT2D eigenvalue weighted by Gasteiger charge is -2.03. The maximum absolute atomic E-state index is 9.89. The van der Waals surface area contributed by atoms with Gasteiger partial charge in [0.25, 0.3) is 0 Å². The molecule has 0 aliphatic rings. The van der Waals surface area contributed by atoms with E-state index in [-0.39, 0.29) is 12.4 Å². The third kappa shape index (κ3) is 3.87. The summed E-state index contributed by atoms with van der Waals surface area (Å²) in [7, 11) is 1.51. The normalized spacial score (nSPS) is 11.4. The molecule has 7 nitrogen and oxygen atoms in total. The summed E-state index contributed by atoms with van der Waals surface area (Å²) in [5.41, 5.74) is 4.66. The van der Waals surface area contributed by atoms with Crippen LogP contribution >= 0.6 is 11.3 Å². The van der Waals surface area contributed by atoms with Crippen LogP contribution in [0.1, 0.15) is 16.7 Å². The van der Waals surface area contributed by atoms with Crippen LogP contribution < -0.4 is 4.74 Å². The predicted octanol–water partition coefficient (Wildman–Crippen LogP) is 5.16. The van der Waals surface area contributed by atoms with Gasteiger partial charge in [-0.2, -0.15) is 5.11 Å². The average Bonchev–Trinajstić information content (AvgIpc) is 3.11. The van der Waals surface area contributed by atoms with Gasteiger partial charge in [0.15, 0.2) is 17.3 Å². The zero-order valence-corrected chi connectivity index (χ0v) is 17.3. The first-order valence-electron chi connectivity index (χ1n) is 9.28. The number of aromatic hydroxyl groups is 1. The summed E-state index contributed by atoms with van der Waals surface area (Å²) in [6, 6.07) is 12.9. The second kappa shape index (κ2) is 8.56. The van der Waals surface area contributed by atoms with Crippen LogP contribution in [0.25, 0.3) is 20.7 Å². The fraction of sp³-hybridized carbons (Fsp3) is 0.182. The van der Waals surface area contributed by atoms with Crippen LogP contribution in [0.4, 0.5) is 5.82 Å². The van der Waals surface area contributed by atoms with Crippen molar-refractivity contribution >= 4 is 27.4 Å². The lowest BCUT2D eigenvalue weighted by atomic mass is 10.1. The first-order valence-corrected chi connectivity index (χ1v) is 10.1. The van der Waals surface area contributed by atoms with Gasteiger partial charge in [0.2, 0.25) is 0 Å². The number of aromatic nitrogens is 2. The molecular weight excluding hydrogens is 400 g/mol. The lowest BCUT2D eigenvalue weighted by Crippen LogP contribution is -1.86. The van der Waals surface area contributed by atoms with Gasteiger partial charge in [-0.3, -0.25) is 0 Å². The molecule has 8 heteroatoms. The van der Waals surface area contributed by atoms with E-state index in [9.17, 15) is 10.2 Å². The Morgan fingerprint density at radius 1 is 1.07 bits per heavy atom. The van der Waals surface area contributed by atoms with Crippen LogP contribution in [0.2, 0.25) is 0 Å². The van der Waals surface area contributed by atoms with Crippen molar-refractivity contribution in [1.82, 2.24) is 9.97 Å². The van der Waals surface area contributed by atoms with E-state index in [1.807, 2.05) is 37.3 Å². The van der Waals surface area contributed by atoms with Crippen LogP contribution in [-0.4, -0.2) is 27.3 Å². The van der Waals surface area contributed by atoms with E-state index in [0.717, 1.165) is 37.3 Å². The molecule has 4 rings (SSSR count). The number of aryl methyl sites for hydroxylation is 1. The summed E-state index contributed by atoms with van der Waals surface area (Å²) in [6.45, 7) is 2.36. The Bertz CT molecular complexity index is 1220. The van der Waals surface area contributed by atoms with Crippen molar-refractivity contribution in [2.75, 3.05) is 7.11 Å². The molecule has 0 aliphatic heterocycles. The number of fused-ring (bicyclic) bond motifs is 1. The van der Waals surface area contributed by atoms with Crippen molar-refractivity contribution in [2.45, 2.75) is 20.1 Å². The van der Waals surface area contributed by atoms with Gasteiger partial charge in [-0.05, 0) is 41.3 Å². The van der Waals surface area contributed by atoms with E-state index in [1.165, 1.54) is 13.4 Å². The van der Waals surface area contributed by atoms with Crippen LogP contribution in [0.3, 0.4) is 0 Å². The average molecular weight is 420 g/mol. The Balaban J connectivity index is 1.63. The molecule has 0 unspecified atom stereocenters. The lowest BCUT2D eigenvalue weighted by molar-refractivity contribution is 0.282. The van der Waals surface area contributed by atoms with Crippen molar-refractivity contribution in [3.8, 4) is 21.9 Å². The molecule has 30 heavy (non-hydrogen) atoms. The topological polar surface area (TPSA) is 100 Å². The molecule has 2 aromatic heterocycles. The number of hydrogen-bond donors (Lipinski definition) is 2. The molecule has 2 N–H and O–H groups in total. The van der Waals surface area contributed by atoms with Gasteiger partial charge >= 0.3 is 0 Å². The van der Waals surface area contributed by atoms with E-state index < -0.39 is 0 Å². The first-order chi connectivity index (χ1) is 14.6. The van der Waals surface area contributed by atoms with E-state index in [1.54, 1.807) is 23.5 Å². The van der Waals surface area contributed by atoms with Gasteiger partial charge in [0.05, 0.1) is 25.8 Å². The molecule has 0 aliphatic carbocycles. The minimum Gasteiger partial charge on any atom is -0.504 e. The number of phenolic OH excluding ortho intramolecular Hbond substituents is 1. The second-order valence-corrected chi connectivity index (χ2v) is 7.71. The predicted molar refractivity (Wildman–Crippen MR) is 116 cm³/mol. The zero-order valence-electron chi connectivity index (χ0n) is 16.5. The number of rotatable bonds is 6. The highest BCUT2D eigenvalue weighted by molar-refractivity contribution is 7.23. The summed E-state index contributed by atoms with van der Waals surface area (Å²) in [5.74, 6) is 1.01. The number of azo groups is 1. The van der Waals surface area contributed by atoms with Crippen molar-refractivity contribution in [3.05, 3.63) is 65.5 Å². The van der Waals surface area contributed by atoms with Gasteiger partial charge in [0.1, 0.15) is 11.0 Å². The molecule has 0 radical (unpaired) electrons. The monoisotopic (exact) mass is 420 g/mol. The standard InChI is InChI=1S/C22H20N4O3S/c1-13-19-21(30-20(13)16-6-3-14(11-27)4-7-16)22(24-12-23-19)26-25-10-15-5-8-18(29-2)17(28)9-15/h3-9,12,27-28H,10-11H2,1-2H3. The maximum atomic E-state index is 9.89. The van der Waals surface area contributed by atoms with Crippen LogP contribution in [-0.2, 0) is 13.2 Å². The van der Waals surface area contributed by atoms with Crippen molar-refractivity contribution in [2.24, 2.45) is 10.2 Å². The summed E-state index contributed by atoms with van der Waals surface area (Å²) in [5, 5.41) is 27.7. The smallest absolute Gasteiger partial charge is 0.195 e. The number of nitrogens with zero attached hydrogens (tertiary/aromatic N) is 4. The highest BCUT2D eigenvalue weighted by Crippen LogP contribution is 2.40. The third-order valence-corrected chi connectivity index (χ3v) is 6.07. The summed E-state index contributed by atoms with van der Waals surface area (Å²) < 4.78 is 5.93. The molecular formula is C22H20N4O3S. The van der Waals surface area contributed by atoms with Crippen molar-refractivity contribution in [1.29, 1.82) is 0 Å². The van der Waals surface area contributed by atoms with Crippen molar-refractivity contribution in [3.63, 3.8) is 0 Å². The molecule has 2 aromatic carbocycles. The molecule has 0 saturated heterocycles. The minimum absolute atomic E-state index is 0.0215. The maximum Gasteiger partial charge on any atom is 0.195 e. The molecule has 2 heterocycles. The summed E-state index contributed by atoms with van der Waals surface area (Å²) in [6.07, 6.45) is 1.49. The fourth-order valence-electron chi connectivity index (χ4n) is 3.14. The number of ether oxygens (including phenoxy) is 1. The second-order valence-electron chi connectivity index (χ2n) is 6.69. The zero-order chi connectivity index (χ0) is 21.1.